The topological polar surface area (TPSA) is 9.23 Å². The minimum atomic E-state index is -0.495. The van der Waals surface area contributed by atoms with Gasteiger partial charge in [0.1, 0.15) is 6.10 Å². The van der Waals surface area contributed by atoms with Gasteiger partial charge in [-0.1, -0.05) is 31.5 Å². The molecule has 0 aliphatic heterocycles. The van der Waals surface area contributed by atoms with E-state index in [1.54, 1.807) is 12.1 Å². The Labute approximate surface area is 111 Å². The van der Waals surface area contributed by atoms with Gasteiger partial charge in [-0.2, -0.15) is 0 Å². The number of benzene rings is 1. The number of halogens is 3. The molecule has 2 rings (SSSR count). The SMILES string of the molecule is CCC1(C)C(Cl)CC1Oc1cccc(Cl)c1F. The fourth-order valence-corrected chi connectivity index (χ4v) is 2.75. The Hall–Kier alpha value is -0.470. The molecule has 1 saturated carbocycles. The third kappa shape index (κ3) is 2.13. The summed E-state index contributed by atoms with van der Waals surface area (Å²) in [5, 5.41) is 0.183. The van der Waals surface area contributed by atoms with Gasteiger partial charge in [0.05, 0.1) is 5.02 Å². The lowest BCUT2D eigenvalue weighted by molar-refractivity contribution is -0.0315. The number of hydrogen-bond donors (Lipinski definition) is 0. The summed E-state index contributed by atoms with van der Waals surface area (Å²) in [4.78, 5) is 0. The first-order chi connectivity index (χ1) is 7.99. The van der Waals surface area contributed by atoms with Crippen molar-refractivity contribution in [3.8, 4) is 5.75 Å². The second-order valence-corrected chi connectivity index (χ2v) is 5.66. The summed E-state index contributed by atoms with van der Waals surface area (Å²) in [7, 11) is 0. The van der Waals surface area contributed by atoms with Crippen LogP contribution in [-0.2, 0) is 0 Å². The zero-order valence-electron chi connectivity index (χ0n) is 9.84. The Morgan fingerprint density at radius 3 is 2.82 bits per heavy atom. The van der Waals surface area contributed by atoms with Crippen molar-refractivity contribution in [2.75, 3.05) is 0 Å². The third-order valence-electron chi connectivity index (χ3n) is 3.82. The van der Waals surface area contributed by atoms with E-state index in [1.165, 1.54) is 6.07 Å². The Bertz CT molecular complexity index is 424. The molecular weight excluding hydrogens is 262 g/mol. The maximum absolute atomic E-state index is 13.7. The molecular formula is C13H15Cl2FO. The summed E-state index contributed by atoms with van der Waals surface area (Å²) in [5.74, 6) is -0.281. The third-order valence-corrected chi connectivity index (χ3v) is 4.79. The standard InChI is InChI=1S/C13H15Cl2FO/c1-3-13(2)10(15)7-11(13)17-9-6-4-5-8(14)12(9)16/h4-6,10-11H,3,7H2,1-2H3. The molecule has 0 saturated heterocycles. The molecule has 1 aliphatic rings. The minimum Gasteiger partial charge on any atom is -0.487 e. The van der Waals surface area contributed by atoms with Crippen LogP contribution in [-0.4, -0.2) is 11.5 Å². The van der Waals surface area contributed by atoms with Gasteiger partial charge in [0.25, 0.3) is 0 Å². The van der Waals surface area contributed by atoms with E-state index in [0.29, 0.717) is 0 Å². The lowest BCUT2D eigenvalue weighted by Crippen LogP contribution is -2.55. The molecule has 0 N–H and O–H groups in total. The molecule has 0 spiro atoms. The van der Waals surface area contributed by atoms with Crippen LogP contribution in [0.5, 0.6) is 5.75 Å². The molecule has 3 unspecified atom stereocenters. The molecule has 1 fully saturated rings. The monoisotopic (exact) mass is 276 g/mol. The average Bonchev–Trinajstić information content (AvgIpc) is 2.33. The lowest BCUT2D eigenvalue weighted by atomic mass is 9.65. The van der Waals surface area contributed by atoms with Crippen molar-refractivity contribution < 1.29 is 9.13 Å². The average molecular weight is 277 g/mol. The molecule has 3 atom stereocenters. The normalized spacial score (nSPS) is 32.1. The van der Waals surface area contributed by atoms with Crippen LogP contribution in [0.3, 0.4) is 0 Å². The Balaban J connectivity index is 2.15. The summed E-state index contributed by atoms with van der Waals surface area (Å²) in [6.45, 7) is 4.14. The van der Waals surface area contributed by atoms with Gasteiger partial charge >= 0.3 is 0 Å². The highest BCUT2D eigenvalue weighted by Crippen LogP contribution is 2.49. The lowest BCUT2D eigenvalue weighted by Gasteiger charge is -2.50. The molecule has 1 aliphatic carbocycles. The van der Waals surface area contributed by atoms with Crippen molar-refractivity contribution in [3.05, 3.63) is 29.0 Å². The first-order valence-corrected chi connectivity index (χ1v) is 6.55. The van der Waals surface area contributed by atoms with Crippen molar-refractivity contribution in [2.45, 2.75) is 38.2 Å². The highest BCUT2D eigenvalue weighted by atomic mass is 35.5. The largest absolute Gasteiger partial charge is 0.487 e. The number of rotatable bonds is 3. The zero-order chi connectivity index (χ0) is 12.6. The fraction of sp³-hybridized carbons (Fsp3) is 0.538. The molecule has 0 amide bonds. The number of hydrogen-bond acceptors (Lipinski definition) is 1. The molecule has 4 heteroatoms. The van der Waals surface area contributed by atoms with Gasteiger partial charge in [-0.05, 0) is 18.6 Å². The molecule has 17 heavy (non-hydrogen) atoms. The molecule has 1 aromatic carbocycles. The molecule has 0 aromatic heterocycles. The minimum absolute atomic E-state index is 0.0389. The van der Waals surface area contributed by atoms with E-state index in [1.807, 2.05) is 0 Å². The Kier molecular flexibility index (Phi) is 3.55. The summed E-state index contributed by atoms with van der Waals surface area (Å²) >= 11 is 11.9. The maximum Gasteiger partial charge on any atom is 0.183 e. The van der Waals surface area contributed by atoms with Gasteiger partial charge in [0.2, 0.25) is 0 Å². The number of ether oxygens (including phenoxy) is 1. The van der Waals surface area contributed by atoms with Gasteiger partial charge in [-0.25, -0.2) is 4.39 Å². The highest BCUT2D eigenvalue weighted by molar-refractivity contribution is 6.30. The second kappa shape index (κ2) is 4.66. The molecule has 1 nitrogen and oxygen atoms in total. The van der Waals surface area contributed by atoms with Gasteiger partial charge in [-0.15, -0.1) is 11.6 Å². The van der Waals surface area contributed by atoms with Gasteiger partial charge in [0, 0.05) is 17.2 Å². The molecule has 0 radical (unpaired) electrons. The smallest absolute Gasteiger partial charge is 0.183 e. The van der Waals surface area contributed by atoms with Crippen LogP contribution in [0.15, 0.2) is 18.2 Å². The predicted molar refractivity (Wildman–Crippen MR) is 68.5 cm³/mol. The molecule has 94 valence electrons. The summed E-state index contributed by atoms with van der Waals surface area (Å²) in [6.07, 6.45) is 1.62. The van der Waals surface area contributed by atoms with Gasteiger partial charge in [0.15, 0.2) is 11.6 Å². The van der Waals surface area contributed by atoms with Crippen LogP contribution >= 0.6 is 23.2 Å². The first kappa shape index (κ1) is 13.0. The zero-order valence-corrected chi connectivity index (χ0v) is 11.4. The first-order valence-electron chi connectivity index (χ1n) is 5.73. The van der Waals surface area contributed by atoms with E-state index in [4.69, 9.17) is 27.9 Å². The van der Waals surface area contributed by atoms with E-state index in [0.717, 1.165) is 12.8 Å². The summed E-state index contributed by atoms with van der Waals surface area (Å²) < 4.78 is 19.4. The van der Waals surface area contributed by atoms with Crippen LogP contribution in [0.2, 0.25) is 5.02 Å². The van der Waals surface area contributed by atoms with Crippen molar-refractivity contribution in [1.29, 1.82) is 0 Å². The fourth-order valence-electron chi connectivity index (χ4n) is 2.13. The molecule has 0 bridgehead atoms. The van der Waals surface area contributed by atoms with Crippen LogP contribution in [0.25, 0.3) is 0 Å². The van der Waals surface area contributed by atoms with Crippen molar-refractivity contribution in [2.24, 2.45) is 5.41 Å². The second-order valence-electron chi connectivity index (χ2n) is 4.72. The highest BCUT2D eigenvalue weighted by Gasteiger charge is 2.51. The predicted octanol–water partition coefficient (Wildman–Crippen LogP) is 4.65. The maximum atomic E-state index is 13.7. The van der Waals surface area contributed by atoms with Gasteiger partial charge < -0.3 is 4.74 Å². The number of alkyl halides is 1. The Morgan fingerprint density at radius 2 is 2.24 bits per heavy atom. The van der Waals surface area contributed by atoms with Crippen LogP contribution in [0.1, 0.15) is 26.7 Å². The molecule has 0 heterocycles. The van der Waals surface area contributed by atoms with E-state index in [-0.39, 0.29) is 27.7 Å². The Morgan fingerprint density at radius 1 is 1.53 bits per heavy atom. The van der Waals surface area contributed by atoms with Crippen molar-refractivity contribution in [1.82, 2.24) is 0 Å². The van der Waals surface area contributed by atoms with Crippen molar-refractivity contribution >= 4 is 23.2 Å². The van der Waals surface area contributed by atoms with Crippen LogP contribution in [0, 0.1) is 11.2 Å². The van der Waals surface area contributed by atoms with Gasteiger partial charge in [-0.3, -0.25) is 0 Å². The summed E-state index contributed by atoms with van der Waals surface area (Å²) in [5.41, 5.74) is -0.0870. The quantitative estimate of drug-likeness (QED) is 0.730. The van der Waals surface area contributed by atoms with E-state index in [9.17, 15) is 4.39 Å². The molecule has 1 aromatic rings. The van der Waals surface area contributed by atoms with E-state index in [2.05, 4.69) is 13.8 Å². The van der Waals surface area contributed by atoms with Crippen LogP contribution < -0.4 is 4.74 Å². The van der Waals surface area contributed by atoms with E-state index >= 15 is 0 Å². The summed E-state index contributed by atoms with van der Waals surface area (Å²) in [6, 6.07) is 4.79. The van der Waals surface area contributed by atoms with Crippen molar-refractivity contribution in [3.63, 3.8) is 0 Å². The van der Waals surface area contributed by atoms with E-state index < -0.39 is 5.82 Å². The van der Waals surface area contributed by atoms with Crippen LogP contribution in [0.4, 0.5) is 4.39 Å².